The predicted octanol–water partition coefficient (Wildman–Crippen LogP) is 2.55. The van der Waals surface area contributed by atoms with Crippen LogP contribution >= 0.6 is 0 Å². The van der Waals surface area contributed by atoms with E-state index in [0.29, 0.717) is 18.2 Å². The van der Waals surface area contributed by atoms with Gasteiger partial charge in [-0.1, -0.05) is 12.8 Å². The van der Waals surface area contributed by atoms with Crippen molar-refractivity contribution >= 4 is 11.6 Å². The third-order valence-corrected chi connectivity index (χ3v) is 3.50. The van der Waals surface area contributed by atoms with Crippen LogP contribution in [0.2, 0.25) is 0 Å². The van der Waals surface area contributed by atoms with Gasteiger partial charge >= 0.3 is 0 Å². The van der Waals surface area contributed by atoms with Crippen LogP contribution < -0.4 is 15.4 Å². The normalized spacial score (nSPS) is 15.3. The standard InChI is InChI=1S/C15H21FN2O2/c1-17-9-15(19)18-12-6-7-14(13(16)8-12)20-10-11-4-2-3-5-11/h6-8,11,17H,2-5,9-10H2,1H3,(H,18,19). The van der Waals surface area contributed by atoms with Crippen LogP contribution in [0.1, 0.15) is 25.7 Å². The summed E-state index contributed by atoms with van der Waals surface area (Å²) in [6, 6.07) is 4.51. The van der Waals surface area contributed by atoms with E-state index >= 15 is 0 Å². The molecule has 20 heavy (non-hydrogen) atoms. The predicted molar refractivity (Wildman–Crippen MR) is 76.4 cm³/mol. The number of carbonyl (C=O) groups is 1. The summed E-state index contributed by atoms with van der Waals surface area (Å²) in [5, 5.41) is 5.35. The van der Waals surface area contributed by atoms with Gasteiger partial charge in [-0.2, -0.15) is 0 Å². The highest BCUT2D eigenvalue weighted by Gasteiger charge is 2.16. The van der Waals surface area contributed by atoms with E-state index in [4.69, 9.17) is 4.74 Å². The van der Waals surface area contributed by atoms with Crippen LogP contribution in [0.3, 0.4) is 0 Å². The number of anilines is 1. The van der Waals surface area contributed by atoms with Gasteiger partial charge in [0, 0.05) is 11.8 Å². The van der Waals surface area contributed by atoms with Crippen molar-refractivity contribution in [2.75, 3.05) is 25.5 Å². The topological polar surface area (TPSA) is 50.4 Å². The highest BCUT2D eigenvalue weighted by Crippen LogP contribution is 2.27. The van der Waals surface area contributed by atoms with Gasteiger partial charge in [0.15, 0.2) is 11.6 Å². The van der Waals surface area contributed by atoms with Crippen molar-refractivity contribution < 1.29 is 13.9 Å². The van der Waals surface area contributed by atoms with E-state index in [9.17, 15) is 9.18 Å². The van der Waals surface area contributed by atoms with Gasteiger partial charge in [-0.25, -0.2) is 4.39 Å². The zero-order valence-electron chi connectivity index (χ0n) is 11.7. The Labute approximate surface area is 118 Å². The molecular weight excluding hydrogens is 259 g/mol. The van der Waals surface area contributed by atoms with Crippen LogP contribution in [-0.2, 0) is 4.79 Å². The Hall–Kier alpha value is -1.62. The molecule has 1 fully saturated rings. The summed E-state index contributed by atoms with van der Waals surface area (Å²) in [7, 11) is 1.68. The van der Waals surface area contributed by atoms with Crippen molar-refractivity contribution in [3.63, 3.8) is 0 Å². The summed E-state index contributed by atoms with van der Waals surface area (Å²) in [4.78, 5) is 11.4. The second-order valence-electron chi connectivity index (χ2n) is 5.19. The first-order chi connectivity index (χ1) is 9.69. The number of likely N-dealkylation sites (N-methyl/N-ethyl adjacent to an activating group) is 1. The molecule has 0 spiro atoms. The number of hydrogen-bond acceptors (Lipinski definition) is 3. The van der Waals surface area contributed by atoms with Crippen molar-refractivity contribution in [3.8, 4) is 5.75 Å². The van der Waals surface area contributed by atoms with Crippen LogP contribution in [0, 0.1) is 11.7 Å². The lowest BCUT2D eigenvalue weighted by Crippen LogP contribution is -2.25. The van der Waals surface area contributed by atoms with E-state index in [2.05, 4.69) is 10.6 Å². The van der Waals surface area contributed by atoms with Crippen molar-refractivity contribution in [3.05, 3.63) is 24.0 Å². The molecule has 5 heteroatoms. The van der Waals surface area contributed by atoms with Crippen LogP contribution in [0.15, 0.2) is 18.2 Å². The van der Waals surface area contributed by atoms with Crippen molar-refractivity contribution in [2.24, 2.45) is 5.92 Å². The fraction of sp³-hybridized carbons (Fsp3) is 0.533. The summed E-state index contributed by atoms with van der Waals surface area (Å²) in [5.74, 6) is 0.157. The molecule has 0 aliphatic heterocycles. The van der Waals surface area contributed by atoms with E-state index in [1.807, 2.05) is 0 Å². The van der Waals surface area contributed by atoms with Crippen LogP contribution in [0.5, 0.6) is 5.75 Å². The van der Waals surface area contributed by atoms with Crippen LogP contribution in [-0.4, -0.2) is 26.1 Å². The maximum atomic E-state index is 13.9. The summed E-state index contributed by atoms with van der Waals surface area (Å²) in [6.45, 7) is 0.768. The molecule has 4 nitrogen and oxygen atoms in total. The smallest absolute Gasteiger partial charge is 0.238 e. The minimum absolute atomic E-state index is 0.196. The van der Waals surface area contributed by atoms with Crippen LogP contribution in [0.4, 0.5) is 10.1 Å². The molecule has 1 aromatic carbocycles. The fourth-order valence-corrected chi connectivity index (χ4v) is 2.45. The van der Waals surface area contributed by atoms with E-state index in [1.165, 1.54) is 31.7 Å². The zero-order chi connectivity index (χ0) is 14.4. The second-order valence-corrected chi connectivity index (χ2v) is 5.19. The summed E-state index contributed by atoms with van der Waals surface area (Å²) in [5.41, 5.74) is 0.441. The Kier molecular flexibility index (Phi) is 5.35. The van der Waals surface area contributed by atoms with Gasteiger partial charge in [-0.3, -0.25) is 4.79 Å². The Morgan fingerprint density at radius 1 is 1.40 bits per heavy atom. The van der Waals surface area contributed by atoms with Crippen molar-refractivity contribution in [1.29, 1.82) is 0 Å². The Morgan fingerprint density at radius 2 is 2.15 bits per heavy atom. The summed E-state index contributed by atoms with van der Waals surface area (Å²) in [6.07, 6.45) is 4.82. The van der Waals surface area contributed by atoms with Gasteiger partial charge in [0.25, 0.3) is 0 Å². The molecule has 0 bridgehead atoms. The maximum absolute atomic E-state index is 13.9. The Morgan fingerprint density at radius 3 is 2.80 bits per heavy atom. The molecule has 1 aliphatic carbocycles. The number of nitrogens with one attached hydrogen (secondary N) is 2. The lowest BCUT2D eigenvalue weighted by Gasteiger charge is -2.13. The number of benzene rings is 1. The van der Waals surface area contributed by atoms with Gasteiger partial charge in [0.2, 0.25) is 5.91 Å². The van der Waals surface area contributed by atoms with Gasteiger partial charge < -0.3 is 15.4 Å². The van der Waals surface area contributed by atoms with E-state index < -0.39 is 5.82 Å². The highest BCUT2D eigenvalue weighted by atomic mass is 19.1. The monoisotopic (exact) mass is 280 g/mol. The SMILES string of the molecule is CNCC(=O)Nc1ccc(OCC2CCCC2)c(F)c1. The first kappa shape index (κ1) is 14.8. The third kappa shape index (κ3) is 4.20. The lowest BCUT2D eigenvalue weighted by molar-refractivity contribution is -0.115. The number of amides is 1. The number of ether oxygens (including phenoxy) is 1. The van der Waals surface area contributed by atoms with E-state index in [0.717, 1.165) is 0 Å². The number of rotatable bonds is 6. The minimum Gasteiger partial charge on any atom is -0.490 e. The molecule has 110 valence electrons. The van der Waals surface area contributed by atoms with Gasteiger partial charge in [-0.15, -0.1) is 0 Å². The van der Waals surface area contributed by atoms with E-state index in [-0.39, 0.29) is 18.2 Å². The number of carbonyl (C=O) groups excluding carboxylic acids is 1. The zero-order valence-corrected chi connectivity index (χ0v) is 11.7. The molecule has 0 radical (unpaired) electrons. The molecule has 1 saturated carbocycles. The molecule has 0 aromatic heterocycles. The first-order valence-electron chi connectivity index (χ1n) is 7.06. The fourth-order valence-electron chi connectivity index (χ4n) is 2.45. The van der Waals surface area contributed by atoms with Crippen molar-refractivity contribution in [2.45, 2.75) is 25.7 Å². The molecule has 0 heterocycles. The van der Waals surface area contributed by atoms with Gasteiger partial charge in [0.1, 0.15) is 0 Å². The molecule has 1 aliphatic rings. The van der Waals surface area contributed by atoms with E-state index in [1.54, 1.807) is 19.2 Å². The highest BCUT2D eigenvalue weighted by molar-refractivity contribution is 5.92. The molecule has 2 rings (SSSR count). The average molecular weight is 280 g/mol. The van der Waals surface area contributed by atoms with Gasteiger partial charge in [-0.05, 0) is 37.9 Å². The summed E-state index contributed by atoms with van der Waals surface area (Å²) < 4.78 is 19.4. The number of hydrogen-bond donors (Lipinski definition) is 2. The summed E-state index contributed by atoms with van der Waals surface area (Å²) >= 11 is 0. The van der Waals surface area contributed by atoms with Crippen LogP contribution in [0.25, 0.3) is 0 Å². The van der Waals surface area contributed by atoms with Gasteiger partial charge in [0.05, 0.1) is 13.2 Å². The third-order valence-electron chi connectivity index (χ3n) is 3.50. The Balaban J connectivity index is 1.89. The molecular formula is C15H21FN2O2. The first-order valence-corrected chi connectivity index (χ1v) is 7.06. The quantitative estimate of drug-likeness (QED) is 0.842. The molecule has 0 atom stereocenters. The molecule has 0 saturated heterocycles. The largest absolute Gasteiger partial charge is 0.490 e. The minimum atomic E-state index is -0.440. The second kappa shape index (κ2) is 7.24. The Bertz CT molecular complexity index is 459. The lowest BCUT2D eigenvalue weighted by atomic mass is 10.1. The molecule has 1 amide bonds. The molecule has 2 N–H and O–H groups in total. The molecule has 1 aromatic rings. The molecule has 0 unspecified atom stereocenters. The average Bonchev–Trinajstić information content (AvgIpc) is 2.91. The van der Waals surface area contributed by atoms with Crippen molar-refractivity contribution in [1.82, 2.24) is 5.32 Å². The number of halogens is 1. The maximum Gasteiger partial charge on any atom is 0.238 e.